The summed E-state index contributed by atoms with van der Waals surface area (Å²) in [5.41, 5.74) is 7.28. The first kappa shape index (κ1) is 18.3. The first-order valence-electron chi connectivity index (χ1n) is 8.30. The predicted octanol–water partition coefficient (Wildman–Crippen LogP) is 2.52. The van der Waals surface area contributed by atoms with Gasteiger partial charge in [0.25, 0.3) is 0 Å². The Labute approximate surface area is 155 Å². The van der Waals surface area contributed by atoms with Gasteiger partial charge in [-0.2, -0.15) is 0 Å². The SMILES string of the molecule is CCN1CCCC1CN=C(N)NC1CCOc2ccccc21.I. The monoisotopic (exact) mass is 430 g/mol. The Hall–Kier alpha value is -1.02. The molecule has 2 aliphatic heterocycles. The van der Waals surface area contributed by atoms with E-state index in [9.17, 15) is 0 Å². The van der Waals surface area contributed by atoms with Crippen LogP contribution in [0.1, 0.15) is 37.8 Å². The number of hydrogen-bond acceptors (Lipinski definition) is 3. The summed E-state index contributed by atoms with van der Waals surface area (Å²) in [5, 5.41) is 3.36. The highest BCUT2D eigenvalue weighted by Crippen LogP contribution is 2.31. The smallest absolute Gasteiger partial charge is 0.189 e. The second-order valence-electron chi connectivity index (χ2n) is 6.02. The molecule has 0 saturated carbocycles. The number of hydrogen-bond donors (Lipinski definition) is 2. The van der Waals surface area contributed by atoms with Crippen molar-refractivity contribution in [2.24, 2.45) is 10.7 Å². The minimum atomic E-state index is 0. The van der Waals surface area contributed by atoms with Crippen LogP contribution in [-0.4, -0.2) is 43.1 Å². The van der Waals surface area contributed by atoms with E-state index in [2.05, 4.69) is 28.2 Å². The molecule has 2 unspecified atom stereocenters. The first-order valence-corrected chi connectivity index (χ1v) is 8.30. The number of para-hydroxylation sites is 1. The maximum Gasteiger partial charge on any atom is 0.189 e. The quantitative estimate of drug-likeness (QED) is 0.438. The van der Waals surface area contributed by atoms with Crippen LogP contribution in [0.4, 0.5) is 0 Å². The van der Waals surface area contributed by atoms with Crippen molar-refractivity contribution in [1.29, 1.82) is 0 Å². The highest BCUT2D eigenvalue weighted by atomic mass is 127. The van der Waals surface area contributed by atoms with Crippen molar-refractivity contribution in [1.82, 2.24) is 10.2 Å². The van der Waals surface area contributed by atoms with Gasteiger partial charge in [0.15, 0.2) is 5.96 Å². The number of rotatable bonds is 4. The van der Waals surface area contributed by atoms with Crippen molar-refractivity contribution in [3.05, 3.63) is 29.8 Å². The molecule has 5 nitrogen and oxygen atoms in total. The van der Waals surface area contributed by atoms with Gasteiger partial charge < -0.3 is 15.8 Å². The molecule has 0 aromatic heterocycles. The molecule has 2 atom stereocenters. The van der Waals surface area contributed by atoms with Crippen LogP contribution >= 0.6 is 24.0 Å². The molecule has 23 heavy (non-hydrogen) atoms. The Balaban J connectivity index is 0.00000192. The fourth-order valence-corrected chi connectivity index (χ4v) is 3.44. The number of benzene rings is 1. The van der Waals surface area contributed by atoms with Gasteiger partial charge >= 0.3 is 0 Å². The average molecular weight is 430 g/mol. The number of nitrogens with two attached hydrogens (primary N) is 1. The van der Waals surface area contributed by atoms with Crippen molar-refractivity contribution in [3.8, 4) is 5.75 Å². The summed E-state index contributed by atoms with van der Waals surface area (Å²) in [6.45, 7) is 6.01. The molecule has 2 heterocycles. The van der Waals surface area contributed by atoms with Crippen molar-refractivity contribution in [2.75, 3.05) is 26.2 Å². The van der Waals surface area contributed by atoms with E-state index in [1.807, 2.05) is 18.2 Å². The summed E-state index contributed by atoms with van der Waals surface area (Å²) in [4.78, 5) is 7.06. The van der Waals surface area contributed by atoms with E-state index in [1.54, 1.807) is 0 Å². The van der Waals surface area contributed by atoms with Crippen LogP contribution in [0.3, 0.4) is 0 Å². The van der Waals surface area contributed by atoms with Crippen LogP contribution in [0.25, 0.3) is 0 Å². The van der Waals surface area contributed by atoms with Crippen LogP contribution < -0.4 is 15.8 Å². The summed E-state index contributed by atoms with van der Waals surface area (Å²) in [6, 6.07) is 8.88. The summed E-state index contributed by atoms with van der Waals surface area (Å²) >= 11 is 0. The topological polar surface area (TPSA) is 62.9 Å². The van der Waals surface area contributed by atoms with E-state index in [0.29, 0.717) is 18.6 Å². The Morgan fingerprint density at radius 1 is 1.39 bits per heavy atom. The fourth-order valence-electron chi connectivity index (χ4n) is 3.44. The van der Waals surface area contributed by atoms with E-state index in [0.717, 1.165) is 25.3 Å². The summed E-state index contributed by atoms with van der Waals surface area (Å²) in [6.07, 6.45) is 3.41. The van der Waals surface area contributed by atoms with E-state index in [-0.39, 0.29) is 30.0 Å². The van der Waals surface area contributed by atoms with Gasteiger partial charge in [-0.15, -0.1) is 24.0 Å². The highest BCUT2D eigenvalue weighted by Gasteiger charge is 2.23. The lowest BCUT2D eigenvalue weighted by atomic mass is 10.0. The Morgan fingerprint density at radius 3 is 3.04 bits per heavy atom. The third kappa shape index (κ3) is 4.50. The number of fused-ring (bicyclic) bond motifs is 1. The van der Waals surface area contributed by atoms with Crippen molar-refractivity contribution < 1.29 is 4.74 Å². The van der Waals surface area contributed by atoms with Gasteiger partial charge in [-0.25, -0.2) is 0 Å². The third-order valence-corrected chi connectivity index (χ3v) is 4.66. The molecule has 128 valence electrons. The molecule has 0 spiro atoms. The molecular formula is C17H27IN4O. The van der Waals surface area contributed by atoms with E-state index >= 15 is 0 Å². The zero-order valence-electron chi connectivity index (χ0n) is 13.7. The molecule has 0 amide bonds. The molecule has 3 N–H and O–H groups in total. The van der Waals surface area contributed by atoms with Crippen molar-refractivity contribution in [3.63, 3.8) is 0 Å². The van der Waals surface area contributed by atoms with E-state index < -0.39 is 0 Å². The second-order valence-corrected chi connectivity index (χ2v) is 6.02. The number of ether oxygens (including phenoxy) is 1. The number of nitrogens with one attached hydrogen (secondary N) is 1. The molecule has 1 fully saturated rings. The number of likely N-dealkylation sites (N-methyl/N-ethyl adjacent to an activating group) is 1. The summed E-state index contributed by atoms with van der Waals surface area (Å²) in [7, 11) is 0. The Bertz CT molecular complexity index is 537. The molecule has 1 saturated heterocycles. The van der Waals surface area contributed by atoms with Crippen LogP contribution in [0, 0.1) is 0 Å². The van der Waals surface area contributed by atoms with Crippen LogP contribution in [0.5, 0.6) is 5.75 Å². The molecule has 1 aromatic carbocycles. The lowest BCUT2D eigenvalue weighted by molar-refractivity contribution is 0.261. The lowest BCUT2D eigenvalue weighted by Crippen LogP contribution is -2.39. The fraction of sp³-hybridized carbons (Fsp3) is 0.588. The van der Waals surface area contributed by atoms with Gasteiger partial charge in [0.1, 0.15) is 5.75 Å². The van der Waals surface area contributed by atoms with Gasteiger partial charge in [-0.05, 0) is 32.0 Å². The molecule has 0 radical (unpaired) electrons. The standard InChI is InChI=1S/C17H26N4O.HI/c1-2-21-10-5-6-13(21)12-19-17(18)20-15-9-11-22-16-8-4-3-7-14(15)16;/h3-4,7-8,13,15H,2,5-6,9-12H2,1H3,(H3,18,19,20);1H. The van der Waals surface area contributed by atoms with Crippen LogP contribution in [0.15, 0.2) is 29.3 Å². The maximum atomic E-state index is 6.11. The predicted molar refractivity (Wildman–Crippen MR) is 105 cm³/mol. The Morgan fingerprint density at radius 2 is 2.22 bits per heavy atom. The van der Waals surface area contributed by atoms with Gasteiger partial charge in [0.2, 0.25) is 0 Å². The minimum Gasteiger partial charge on any atom is -0.493 e. The molecule has 1 aromatic rings. The van der Waals surface area contributed by atoms with Crippen LogP contribution in [0.2, 0.25) is 0 Å². The molecule has 3 rings (SSSR count). The maximum absolute atomic E-state index is 6.11. The van der Waals surface area contributed by atoms with Gasteiger partial charge in [-0.3, -0.25) is 9.89 Å². The lowest BCUT2D eigenvalue weighted by Gasteiger charge is -2.27. The van der Waals surface area contributed by atoms with Crippen molar-refractivity contribution >= 4 is 29.9 Å². The number of nitrogens with zero attached hydrogens (tertiary/aromatic N) is 2. The molecule has 2 aliphatic rings. The van der Waals surface area contributed by atoms with Crippen LogP contribution in [-0.2, 0) is 0 Å². The summed E-state index contributed by atoms with van der Waals surface area (Å²) < 4.78 is 5.68. The van der Waals surface area contributed by atoms with E-state index in [1.165, 1.54) is 24.9 Å². The van der Waals surface area contributed by atoms with Crippen molar-refractivity contribution in [2.45, 2.75) is 38.3 Å². The normalized spacial score (nSPS) is 24.5. The largest absolute Gasteiger partial charge is 0.493 e. The molecule has 0 aliphatic carbocycles. The number of likely N-dealkylation sites (tertiary alicyclic amines) is 1. The molecule has 6 heteroatoms. The molecule has 0 bridgehead atoms. The number of guanidine groups is 1. The number of aliphatic imine (C=N–C) groups is 1. The third-order valence-electron chi connectivity index (χ3n) is 4.66. The minimum absolute atomic E-state index is 0. The zero-order valence-corrected chi connectivity index (χ0v) is 16.0. The summed E-state index contributed by atoms with van der Waals surface area (Å²) in [5.74, 6) is 1.50. The second kappa shape index (κ2) is 8.73. The zero-order chi connectivity index (χ0) is 15.4. The van der Waals surface area contributed by atoms with Gasteiger partial charge in [-0.1, -0.05) is 25.1 Å². The van der Waals surface area contributed by atoms with Gasteiger partial charge in [0.05, 0.1) is 19.2 Å². The first-order chi connectivity index (χ1) is 10.8. The van der Waals surface area contributed by atoms with Gasteiger partial charge in [0, 0.05) is 18.0 Å². The Kier molecular flexibility index (Phi) is 6.95. The van der Waals surface area contributed by atoms with E-state index in [4.69, 9.17) is 10.5 Å². The number of halogens is 1. The molecular weight excluding hydrogens is 403 g/mol. The highest BCUT2D eigenvalue weighted by molar-refractivity contribution is 14.0. The average Bonchev–Trinajstić information content (AvgIpc) is 3.01.